The van der Waals surface area contributed by atoms with Crippen LogP contribution in [-0.4, -0.2) is 51.4 Å². The van der Waals surface area contributed by atoms with Gasteiger partial charge in [-0.1, -0.05) is 24.1 Å². The highest BCUT2D eigenvalue weighted by atomic mass is 32.1. The molecule has 0 bridgehead atoms. The van der Waals surface area contributed by atoms with Crippen molar-refractivity contribution in [3.8, 4) is 0 Å². The summed E-state index contributed by atoms with van der Waals surface area (Å²) >= 11 is 1.45. The fraction of sp³-hybridized carbons (Fsp3) is 0.579. The van der Waals surface area contributed by atoms with Crippen LogP contribution in [-0.2, 0) is 4.79 Å². The van der Waals surface area contributed by atoms with Crippen molar-refractivity contribution in [1.82, 2.24) is 19.9 Å². The molecular weight excluding hydrogens is 364 g/mol. The van der Waals surface area contributed by atoms with Gasteiger partial charge in [0.1, 0.15) is 6.04 Å². The minimum Gasteiger partial charge on any atom is -0.337 e. The number of thiophene rings is 1. The molecule has 0 radical (unpaired) electrons. The molecule has 0 N–H and O–H groups in total. The van der Waals surface area contributed by atoms with E-state index in [2.05, 4.69) is 10.1 Å². The lowest BCUT2D eigenvalue weighted by Gasteiger charge is -2.29. The maximum absolute atomic E-state index is 13.2. The summed E-state index contributed by atoms with van der Waals surface area (Å²) in [4.78, 5) is 34.8. The lowest BCUT2D eigenvalue weighted by Crippen LogP contribution is -2.40. The molecule has 1 atom stereocenters. The molecule has 4 rings (SSSR count). The highest BCUT2D eigenvalue weighted by molar-refractivity contribution is 7.12. The van der Waals surface area contributed by atoms with Gasteiger partial charge in [-0.2, -0.15) is 4.98 Å². The summed E-state index contributed by atoms with van der Waals surface area (Å²) in [5.74, 6) is 1.31. The van der Waals surface area contributed by atoms with E-state index >= 15 is 0 Å². The summed E-state index contributed by atoms with van der Waals surface area (Å²) in [7, 11) is 0. The van der Waals surface area contributed by atoms with Crippen LogP contribution in [0.2, 0.25) is 0 Å². The first-order valence-corrected chi connectivity index (χ1v) is 10.4. The molecule has 1 aliphatic carbocycles. The smallest absolute Gasteiger partial charge is 0.263 e. The Kier molecular flexibility index (Phi) is 5.24. The van der Waals surface area contributed by atoms with Crippen LogP contribution in [0, 0.1) is 12.8 Å². The zero-order valence-corrected chi connectivity index (χ0v) is 16.3. The SMILES string of the molecule is Cc1noc(C2CCN(C(=O)c3cccs3)CCN2C(=O)C2CCCC2)n1. The average molecular weight is 388 g/mol. The van der Waals surface area contributed by atoms with E-state index in [1.54, 1.807) is 6.92 Å². The monoisotopic (exact) mass is 388 g/mol. The summed E-state index contributed by atoms with van der Waals surface area (Å²) < 4.78 is 5.41. The van der Waals surface area contributed by atoms with Crippen LogP contribution in [0.25, 0.3) is 0 Å². The number of carbonyl (C=O) groups excluding carboxylic acids is 2. The van der Waals surface area contributed by atoms with E-state index in [0.29, 0.717) is 37.8 Å². The number of hydrogen-bond acceptors (Lipinski definition) is 6. The standard InChI is InChI=1S/C19H24N4O3S/c1-13-20-17(26-21-13)15-8-9-22(19(25)16-7-4-12-27-16)10-11-23(15)18(24)14-5-2-3-6-14/h4,7,12,14-15H,2-3,5-6,8-11H2,1H3. The molecule has 2 aliphatic rings. The third kappa shape index (κ3) is 3.76. The predicted octanol–water partition coefficient (Wildman–Crippen LogP) is 3.05. The summed E-state index contributed by atoms with van der Waals surface area (Å²) in [6.07, 6.45) is 4.72. The Bertz CT molecular complexity index is 798. The Balaban J connectivity index is 1.57. The van der Waals surface area contributed by atoms with Crippen LogP contribution in [0.4, 0.5) is 0 Å². The highest BCUT2D eigenvalue weighted by Crippen LogP contribution is 2.33. The number of aromatic nitrogens is 2. The van der Waals surface area contributed by atoms with Crippen LogP contribution in [0.3, 0.4) is 0 Å². The maximum Gasteiger partial charge on any atom is 0.263 e. The van der Waals surface area contributed by atoms with Gasteiger partial charge in [-0.25, -0.2) is 0 Å². The van der Waals surface area contributed by atoms with Gasteiger partial charge >= 0.3 is 0 Å². The topological polar surface area (TPSA) is 79.5 Å². The Labute approximate surface area is 162 Å². The van der Waals surface area contributed by atoms with E-state index < -0.39 is 0 Å². The van der Waals surface area contributed by atoms with Crippen molar-refractivity contribution in [3.63, 3.8) is 0 Å². The number of rotatable bonds is 3. The zero-order chi connectivity index (χ0) is 18.8. The van der Waals surface area contributed by atoms with E-state index in [0.717, 1.165) is 30.6 Å². The lowest BCUT2D eigenvalue weighted by molar-refractivity contribution is -0.138. The first-order valence-electron chi connectivity index (χ1n) is 9.57. The van der Waals surface area contributed by atoms with E-state index in [1.807, 2.05) is 27.3 Å². The molecule has 2 amide bonds. The molecule has 0 spiro atoms. The molecule has 144 valence electrons. The predicted molar refractivity (Wildman–Crippen MR) is 100 cm³/mol. The van der Waals surface area contributed by atoms with Crippen LogP contribution in [0.5, 0.6) is 0 Å². The van der Waals surface area contributed by atoms with Gasteiger partial charge in [0.15, 0.2) is 5.82 Å². The number of nitrogens with zero attached hydrogens (tertiary/aromatic N) is 4. The van der Waals surface area contributed by atoms with Gasteiger partial charge in [-0.05, 0) is 37.6 Å². The molecule has 1 saturated carbocycles. The Morgan fingerprint density at radius 3 is 2.67 bits per heavy atom. The van der Waals surface area contributed by atoms with Gasteiger partial charge in [0.05, 0.1) is 4.88 Å². The van der Waals surface area contributed by atoms with E-state index in [1.165, 1.54) is 11.3 Å². The average Bonchev–Trinajstić information content (AvgIpc) is 3.41. The second-order valence-electron chi connectivity index (χ2n) is 7.27. The summed E-state index contributed by atoms with van der Waals surface area (Å²) in [6.45, 7) is 3.37. The number of aryl methyl sites for hydroxylation is 1. The zero-order valence-electron chi connectivity index (χ0n) is 15.5. The second-order valence-corrected chi connectivity index (χ2v) is 8.21. The van der Waals surface area contributed by atoms with Crippen LogP contribution in [0.15, 0.2) is 22.0 Å². The van der Waals surface area contributed by atoms with Crippen molar-refractivity contribution in [2.24, 2.45) is 5.92 Å². The highest BCUT2D eigenvalue weighted by Gasteiger charge is 2.37. The number of carbonyl (C=O) groups is 2. The van der Waals surface area contributed by atoms with Crippen molar-refractivity contribution in [2.45, 2.75) is 45.1 Å². The molecule has 1 saturated heterocycles. The Morgan fingerprint density at radius 1 is 1.19 bits per heavy atom. The van der Waals surface area contributed by atoms with E-state index in [4.69, 9.17) is 4.52 Å². The third-order valence-electron chi connectivity index (χ3n) is 5.49. The summed E-state index contributed by atoms with van der Waals surface area (Å²) in [5.41, 5.74) is 0. The molecule has 1 aliphatic heterocycles. The normalized spacial score (nSPS) is 21.4. The van der Waals surface area contributed by atoms with Gasteiger partial charge in [0.25, 0.3) is 5.91 Å². The fourth-order valence-corrected chi connectivity index (χ4v) is 4.76. The molecule has 2 aromatic rings. The first-order chi connectivity index (χ1) is 13.1. The number of amides is 2. The van der Waals surface area contributed by atoms with Crippen molar-refractivity contribution >= 4 is 23.2 Å². The van der Waals surface area contributed by atoms with Crippen LogP contribution in [0.1, 0.15) is 59.5 Å². The molecule has 2 fully saturated rings. The summed E-state index contributed by atoms with van der Waals surface area (Å²) in [5, 5.41) is 5.81. The molecule has 8 heteroatoms. The van der Waals surface area contributed by atoms with Crippen molar-refractivity contribution < 1.29 is 14.1 Å². The van der Waals surface area contributed by atoms with E-state index in [9.17, 15) is 9.59 Å². The molecule has 0 aromatic carbocycles. The fourth-order valence-electron chi connectivity index (χ4n) is 4.07. The third-order valence-corrected chi connectivity index (χ3v) is 6.35. The van der Waals surface area contributed by atoms with Gasteiger partial charge in [-0.15, -0.1) is 11.3 Å². The Hall–Kier alpha value is -2.22. The number of hydrogen-bond donors (Lipinski definition) is 0. The van der Waals surface area contributed by atoms with E-state index in [-0.39, 0.29) is 23.8 Å². The molecular formula is C19H24N4O3S. The molecule has 2 aromatic heterocycles. The van der Waals surface area contributed by atoms with Crippen molar-refractivity contribution in [2.75, 3.05) is 19.6 Å². The first kappa shape index (κ1) is 18.2. The van der Waals surface area contributed by atoms with Gasteiger partial charge in [0.2, 0.25) is 11.8 Å². The largest absolute Gasteiger partial charge is 0.337 e. The van der Waals surface area contributed by atoms with Gasteiger partial charge in [-0.3, -0.25) is 9.59 Å². The summed E-state index contributed by atoms with van der Waals surface area (Å²) in [6, 6.07) is 3.47. The lowest BCUT2D eigenvalue weighted by atomic mass is 10.0. The molecule has 7 nitrogen and oxygen atoms in total. The van der Waals surface area contributed by atoms with Crippen molar-refractivity contribution in [3.05, 3.63) is 34.1 Å². The second kappa shape index (κ2) is 7.80. The quantitative estimate of drug-likeness (QED) is 0.807. The molecule has 27 heavy (non-hydrogen) atoms. The van der Waals surface area contributed by atoms with Gasteiger partial charge in [0, 0.05) is 25.6 Å². The molecule has 1 unspecified atom stereocenters. The maximum atomic E-state index is 13.2. The van der Waals surface area contributed by atoms with Crippen molar-refractivity contribution in [1.29, 1.82) is 0 Å². The van der Waals surface area contributed by atoms with Crippen LogP contribution < -0.4 is 0 Å². The Morgan fingerprint density at radius 2 is 2.00 bits per heavy atom. The minimum atomic E-state index is -0.263. The van der Waals surface area contributed by atoms with Gasteiger partial charge < -0.3 is 14.3 Å². The minimum absolute atomic E-state index is 0.0284. The van der Waals surface area contributed by atoms with Crippen LogP contribution >= 0.6 is 11.3 Å². The molecule has 3 heterocycles.